The van der Waals surface area contributed by atoms with Gasteiger partial charge in [-0.1, -0.05) is 0 Å². The summed E-state index contributed by atoms with van der Waals surface area (Å²) in [5.41, 5.74) is 0.292. The predicted molar refractivity (Wildman–Crippen MR) is 96.7 cm³/mol. The van der Waals surface area contributed by atoms with Crippen molar-refractivity contribution in [1.82, 2.24) is 9.78 Å². The van der Waals surface area contributed by atoms with E-state index in [1.807, 2.05) is 44.5 Å². The Labute approximate surface area is 150 Å². The molecular weight excluding hydrogens is 345 g/mol. The first-order chi connectivity index (χ1) is 11.7. The Morgan fingerprint density at radius 2 is 2.00 bits per heavy atom. The van der Waals surface area contributed by atoms with Gasteiger partial charge in [0.05, 0.1) is 17.7 Å². The molecule has 1 fully saturated rings. The second kappa shape index (κ2) is 6.66. The number of aromatic nitrogens is 2. The largest absolute Gasteiger partial charge is 0.525 e. The van der Waals surface area contributed by atoms with E-state index < -0.39 is 30.7 Å². The molecule has 1 aliphatic rings. The molecule has 0 aliphatic carbocycles. The quantitative estimate of drug-likeness (QED) is 0.730. The van der Waals surface area contributed by atoms with E-state index in [4.69, 9.17) is 9.31 Å². The summed E-state index contributed by atoms with van der Waals surface area (Å²) in [4.78, 5) is 0. The maximum Gasteiger partial charge on any atom is 0.525 e. The van der Waals surface area contributed by atoms with Gasteiger partial charge in [-0.2, -0.15) is 16.4 Å². The van der Waals surface area contributed by atoms with Crippen LogP contribution in [0.15, 0.2) is 28.7 Å². The smallest absolute Gasteiger partial charge is 0.398 e. The van der Waals surface area contributed by atoms with Crippen LogP contribution in [0.5, 0.6) is 0 Å². The molecule has 2 aromatic heterocycles. The van der Waals surface area contributed by atoms with Crippen LogP contribution in [0.3, 0.4) is 0 Å². The lowest BCUT2D eigenvalue weighted by Crippen LogP contribution is -2.41. The highest BCUT2D eigenvalue weighted by molar-refractivity contribution is 7.08. The Hall–Kier alpha value is -1.51. The zero-order valence-corrected chi connectivity index (χ0v) is 15.6. The molecule has 0 atom stereocenters. The molecule has 8 heteroatoms. The van der Waals surface area contributed by atoms with Crippen LogP contribution in [0.4, 0.5) is 8.78 Å². The molecule has 0 unspecified atom stereocenters. The van der Waals surface area contributed by atoms with Gasteiger partial charge in [-0.3, -0.25) is 4.68 Å². The first-order valence-electron chi connectivity index (χ1n) is 8.12. The van der Waals surface area contributed by atoms with Gasteiger partial charge in [-0.05, 0) is 45.2 Å². The Morgan fingerprint density at radius 1 is 1.32 bits per heavy atom. The summed E-state index contributed by atoms with van der Waals surface area (Å²) in [6.07, 6.45) is 2.99. The second-order valence-corrected chi connectivity index (χ2v) is 7.79. The summed E-state index contributed by atoms with van der Waals surface area (Å²) in [5.74, 6) is 0. The number of nitrogens with zero attached hydrogens (tertiary/aromatic N) is 2. The summed E-state index contributed by atoms with van der Waals surface area (Å²) < 4.78 is 40.4. The van der Waals surface area contributed by atoms with E-state index in [1.165, 1.54) is 22.1 Å². The van der Waals surface area contributed by atoms with Gasteiger partial charge in [-0.25, -0.2) is 8.78 Å². The fourth-order valence-corrected chi connectivity index (χ4v) is 3.18. The summed E-state index contributed by atoms with van der Waals surface area (Å²) >= 11 is 1.52. The maximum absolute atomic E-state index is 14.8. The molecule has 0 aromatic carbocycles. The van der Waals surface area contributed by atoms with Gasteiger partial charge in [0.25, 0.3) is 0 Å². The van der Waals surface area contributed by atoms with E-state index in [0.717, 1.165) is 5.56 Å². The standard InChI is InChI=1S/C17H21BF2N2O2S/c1-16(2)17(3,4)24-18(23-16)14(20)9-13-10-22(7-6-19)21-15(13)12-5-8-25-11-12/h5,8-11H,6-7H2,1-4H3. The third-order valence-electron chi connectivity index (χ3n) is 4.67. The van der Waals surface area contributed by atoms with E-state index in [-0.39, 0.29) is 6.54 Å². The monoisotopic (exact) mass is 366 g/mol. The minimum absolute atomic E-state index is 0.128. The first-order valence-corrected chi connectivity index (χ1v) is 9.06. The summed E-state index contributed by atoms with van der Waals surface area (Å²) in [5, 5.41) is 8.21. The first kappa shape index (κ1) is 18.3. The molecule has 0 spiro atoms. The van der Waals surface area contributed by atoms with E-state index >= 15 is 0 Å². The molecule has 1 saturated heterocycles. The molecule has 4 nitrogen and oxygen atoms in total. The maximum atomic E-state index is 14.8. The molecule has 0 saturated carbocycles. The van der Waals surface area contributed by atoms with Gasteiger partial charge >= 0.3 is 7.12 Å². The zero-order valence-electron chi connectivity index (χ0n) is 14.8. The average molecular weight is 366 g/mol. The fourth-order valence-electron chi connectivity index (χ4n) is 2.54. The fraction of sp³-hybridized carbons (Fsp3) is 0.471. The van der Waals surface area contributed by atoms with E-state index in [9.17, 15) is 8.78 Å². The molecule has 3 heterocycles. The van der Waals surface area contributed by atoms with Gasteiger partial charge in [0, 0.05) is 22.7 Å². The highest BCUT2D eigenvalue weighted by Crippen LogP contribution is 2.39. The summed E-state index contributed by atoms with van der Waals surface area (Å²) in [6, 6.07) is 1.90. The number of hydrogen-bond donors (Lipinski definition) is 0. The molecule has 0 bridgehead atoms. The van der Waals surface area contributed by atoms with Crippen LogP contribution < -0.4 is 0 Å². The Balaban J connectivity index is 1.92. The lowest BCUT2D eigenvalue weighted by Gasteiger charge is -2.32. The van der Waals surface area contributed by atoms with Crippen molar-refractivity contribution in [2.24, 2.45) is 0 Å². The van der Waals surface area contributed by atoms with Crippen LogP contribution in [-0.4, -0.2) is 34.8 Å². The third kappa shape index (κ3) is 3.56. The lowest BCUT2D eigenvalue weighted by atomic mass is 9.86. The van der Waals surface area contributed by atoms with Crippen LogP contribution in [0.25, 0.3) is 17.3 Å². The van der Waals surface area contributed by atoms with Crippen LogP contribution >= 0.6 is 11.3 Å². The molecule has 0 N–H and O–H groups in total. The van der Waals surface area contributed by atoms with Crippen molar-refractivity contribution in [3.8, 4) is 11.3 Å². The minimum atomic E-state index is -1.06. The Morgan fingerprint density at radius 3 is 2.56 bits per heavy atom. The van der Waals surface area contributed by atoms with Crippen LogP contribution in [0.1, 0.15) is 33.3 Å². The molecule has 1 aliphatic heterocycles. The van der Waals surface area contributed by atoms with Crippen LogP contribution in [-0.2, 0) is 15.9 Å². The number of halogens is 2. The molecule has 0 radical (unpaired) electrons. The van der Waals surface area contributed by atoms with Gasteiger partial charge in [0.2, 0.25) is 0 Å². The van der Waals surface area contributed by atoms with Crippen LogP contribution in [0, 0.1) is 0 Å². The van der Waals surface area contributed by atoms with Crippen molar-refractivity contribution >= 4 is 24.5 Å². The summed E-state index contributed by atoms with van der Waals surface area (Å²) in [6.45, 7) is 7.08. The van der Waals surface area contributed by atoms with E-state index in [1.54, 1.807) is 6.20 Å². The highest BCUT2D eigenvalue weighted by Gasteiger charge is 2.53. The predicted octanol–water partition coefficient (Wildman–Crippen LogP) is 4.52. The summed E-state index contributed by atoms with van der Waals surface area (Å²) in [7, 11) is -1.06. The van der Waals surface area contributed by atoms with E-state index in [2.05, 4.69) is 5.10 Å². The van der Waals surface area contributed by atoms with Gasteiger partial charge in [0.1, 0.15) is 18.1 Å². The van der Waals surface area contributed by atoms with Crippen molar-refractivity contribution in [1.29, 1.82) is 0 Å². The van der Waals surface area contributed by atoms with Crippen molar-refractivity contribution in [2.75, 3.05) is 6.67 Å². The number of rotatable bonds is 5. The highest BCUT2D eigenvalue weighted by atomic mass is 32.1. The molecule has 0 amide bonds. The molecule has 3 rings (SSSR count). The average Bonchev–Trinajstić information content (AvgIpc) is 3.19. The number of alkyl halides is 1. The van der Waals surface area contributed by atoms with Gasteiger partial charge in [0.15, 0.2) is 0 Å². The van der Waals surface area contributed by atoms with Crippen molar-refractivity contribution in [3.05, 3.63) is 34.3 Å². The molecule has 134 valence electrons. The zero-order chi connectivity index (χ0) is 18.2. The Kier molecular flexibility index (Phi) is 4.87. The van der Waals surface area contributed by atoms with Gasteiger partial charge in [-0.15, -0.1) is 0 Å². The molecular formula is C17H21BF2N2O2S. The van der Waals surface area contributed by atoms with Crippen molar-refractivity contribution < 1.29 is 18.1 Å². The van der Waals surface area contributed by atoms with Crippen LogP contribution in [0.2, 0.25) is 0 Å². The third-order valence-corrected chi connectivity index (χ3v) is 5.35. The normalized spacial score (nSPS) is 19.6. The second-order valence-electron chi connectivity index (χ2n) is 7.01. The van der Waals surface area contributed by atoms with Crippen molar-refractivity contribution in [3.63, 3.8) is 0 Å². The molecule has 25 heavy (non-hydrogen) atoms. The number of thiophene rings is 1. The SMILES string of the molecule is CC1(C)OB(C(F)=Cc2cn(CCF)nc2-c2ccsc2)OC1(C)C. The minimum Gasteiger partial charge on any atom is -0.398 e. The van der Waals surface area contributed by atoms with E-state index in [0.29, 0.717) is 11.3 Å². The number of aryl methyl sites for hydroxylation is 1. The lowest BCUT2D eigenvalue weighted by molar-refractivity contribution is 0.00578. The van der Waals surface area contributed by atoms with Gasteiger partial charge < -0.3 is 9.31 Å². The molecule has 2 aromatic rings. The van der Waals surface area contributed by atoms with Crippen molar-refractivity contribution in [2.45, 2.75) is 45.4 Å². The Bertz CT molecular complexity index is 756. The topological polar surface area (TPSA) is 36.3 Å². The number of hydrogen-bond acceptors (Lipinski definition) is 4.